The zero-order chi connectivity index (χ0) is 28.3. The number of hydrogen-bond donors (Lipinski definition) is 1. The first-order valence-electron chi connectivity index (χ1n) is 15.2. The Morgan fingerprint density at radius 1 is 0.946 bits per heavy atom. The molecule has 0 aromatic carbocycles. The fraction of sp³-hybridized carbons (Fsp3) is 0.903. The summed E-state index contributed by atoms with van der Waals surface area (Å²) in [5, 5.41) is 2.59. The third kappa shape index (κ3) is 5.45. The van der Waals surface area contributed by atoms with Gasteiger partial charge >= 0.3 is 12.1 Å². The van der Waals surface area contributed by atoms with E-state index in [1.165, 1.54) is 19.3 Å². The fourth-order valence-electron chi connectivity index (χ4n) is 9.09. The molecule has 0 aromatic rings. The van der Waals surface area contributed by atoms with Crippen LogP contribution in [0.25, 0.3) is 0 Å². The Morgan fingerprint density at radius 3 is 2.22 bits per heavy atom. The van der Waals surface area contributed by atoms with Gasteiger partial charge in [-0.15, -0.1) is 0 Å². The van der Waals surface area contributed by atoms with E-state index in [0.717, 1.165) is 38.5 Å². The number of rotatable bonds is 5. The molecule has 9 atom stereocenters. The van der Waals surface area contributed by atoms with Crippen molar-refractivity contribution in [2.24, 2.45) is 46.3 Å². The van der Waals surface area contributed by atoms with E-state index in [4.69, 9.17) is 10.8 Å². The lowest BCUT2D eigenvalue weighted by atomic mass is 9.44. The number of carbonyl (C=O) groups is 3. The highest BCUT2D eigenvalue weighted by molar-refractivity contribution is 5.82. The van der Waals surface area contributed by atoms with Gasteiger partial charge in [0, 0.05) is 7.29 Å². The van der Waals surface area contributed by atoms with E-state index in [0.29, 0.717) is 29.5 Å². The third-order valence-electron chi connectivity index (χ3n) is 10.9. The monoisotopic (exact) mass is 518 g/mol. The number of ketones is 1. The van der Waals surface area contributed by atoms with E-state index in [1.807, 2.05) is 0 Å². The van der Waals surface area contributed by atoms with Crippen LogP contribution in [0.1, 0.15) is 115 Å². The predicted molar refractivity (Wildman–Crippen MR) is 144 cm³/mol. The number of fused-ring (bicyclic) bond motifs is 5. The Labute approximate surface area is 225 Å². The lowest BCUT2D eigenvalue weighted by Gasteiger charge is -2.61. The molecule has 4 saturated carbocycles. The van der Waals surface area contributed by atoms with Gasteiger partial charge in [-0.05, 0) is 126 Å². The smallest absolute Gasteiger partial charge is 0.408 e. The van der Waals surface area contributed by atoms with Crippen LogP contribution >= 0.6 is 0 Å². The van der Waals surface area contributed by atoms with Crippen LogP contribution in [0.15, 0.2) is 0 Å². The number of carbonyl (C=O) groups excluding carboxylic acids is 3. The summed E-state index contributed by atoms with van der Waals surface area (Å²) in [7, 11) is 0. The molecule has 0 unspecified atom stereocenters. The topological polar surface area (TPSA) is 81.7 Å². The lowest BCUT2D eigenvalue weighted by molar-refractivity contribution is -0.166. The molecule has 37 heavy (non-hydrogen) atoms. The van der Waals surface area contributed by atoms with Crippen LogP contribution in [0.2, 0.25) is 0 Å². The van der Waals surface area contributed by atoms with Crippen LogP contribution in [0.5, 0.6) is 0 Å². The van der Waals surface area contributed by atoms with Crippen molar-refractivity contribution in [3.05, 3.63) is 0 Å². The average molecular weight is 519 g/mol. The Balaban J connectivity index is 1.41. The summed E-state index contributed by atoms with van der Waals surface area (Å²) in [5.41, 5.74) is -0.286. The molecule has 1 N–H and O–H groups in total. The van der Waals surface area contributed by atoms with Gasteiger partial charge in [-0.25, -0.2) is 9.59 Å². The Kier molecular flexibility index (Phi) is 7.43. The van der Waals surface area contributed by atoms with E-state index >= 15 is 0 Å². The lowest BCUT2D eigenvalue weighted by Crippen LogP contribution is -2.55. The van der Waals surface area contributed by atoms with Crippen LogP contribution in [0, 0.1) is 46.3 Å². The van der Waals surface area contributed by atoms with E-state index in [2.05, 4.69) is 19.2 Å². The zero-order valence-electron chi connectivity index (χ0n) is 25.4. The molecule has 4 aliphatic carbocycles. The second-order valence-corrected chi connectivity index (χ2v) is 14.4. The third-order valence-corrected chi connectivity index (χ3v) is 10.9. The minimum absolute atomic E-state index is 0.169. The molecule has 0 aliphatic heterocycles. The number of ether oxygens (including phenoxy) is 2. The molecule has 0 heterocycles. The molecule has 210 valence electrons. The van der Waals surface area contributed by atoms with Crippen molar-refractivity contribution < 1.29 is 25.2 Å². The fourth-order valence-corrected chi connectivity index (χ4v) is 9.09. The number of Topliss-reactive ketones (excluding diaryl/α,β-unsaturated/α-hetero) is 1. The van der Waals surface area contributed by atoms with E-state index in [-0.39, 0.29) is 22.9 Å². The van der Waals surface area contributed by atoms with Gasteiger partial charge in [0.15, 0.2) is 0 Å². The standard InChI is InChI=1S/C31H51NO5/c1-18(2)26(32-28(35)37-29(4,5)6)27(34)36-21-13-15-30(7)20(17-21)9-10-22-24-12-11-23(19(3)33)31(24,8)16-14-25(22)30/h18,20-26H,9-17H2,1-8H3,(H,32,35)/t20-,21+,22-,23+,24-,25-,26+,30-,31+/m0/s1/i18D. The Morgan fingerprint density at radius 2 is 1.59 bits per heavy atom. The number of hydrogen-bond acceptors (Lipinski definition) is 5. The molecule has 0 bridgehead atoms. The van der Waals surface area contributed by atoms with Gasteiger partial charge in [0.1, 0.15) is 23.5 Å². The molecular formula is C31H51NO5. The molecule has 4 rings (SSSR count). The molecule has 0 spiro atoms. The van der Waals surface area contributed by atoms with Crippen molar-refractivity contribution in [3.8, 4) is 0 Å². The molecule has 0 aromatic heterocycles. The van der Waals surface area contributed by atoms with Gasteiger partial charge in [0.25, 0.3) is 0 Å². The van der Waals surface area contributed by atoms with Crippen molar-refractivity contribution in [2.45, 2.75) is 131 Å². The highest BCUT2D eigenvalue weighted by Gasteiger charge is 2.61. The van der Waals surface area contributed by atoms with Crippen LogP contribution in [-0.2, 0) is 19.1 Å². The highest BCUT2D eigenvalue weighted by Crippen LogP contribution is 2.67. The summed E-state index contributed by atoms with van der Waals surface area (Å²) in [6, 6.07) is -1.10. The summed E-state index contributed by atoms with van der Waals surface area (Å²) < 4.78 is 19.8. The zero-order valence-corrected chi connectivity index (χ0v) is 24.4. The SMILES string of the molecule is [2H]C(C)(C)[C@@H](NC(=O)OC(C)(C)C)C(=O)O[C@@H]1CC[C@@]2(C)[C@@H](CC[C@@H]3[C@@H]2CC[C@]2(C)[C@@H](C(C)=O)CC[C@@H]32)C1. The first-order chi connectivity index (χ1) is 17.5. The first-order valence-corrected chi connectivity index (χ1v) is 14.7. The highest BCUT2D eigenvalue weighted by atomic mass is 16.6. The van der Waals surface area contributed by atoms with Crippen LogP contribution in [0.3, 0.4) is 0 Å². The maximum atomic E-state index is 13.2. The first kappa shape index (κ1) is 27.0. The van der Waals surface area contributed by atoms with E-state index in [1.54, 1.807) is 41.5 Å². The second kappa shape index (κ2) is 10.2. The summed E-state index contributed by atoms with van der Waals surface area (Å²) in [6.45, 7) is 15.2. The normalized spacial score (nSPS) is 40.8. The van der Waals surface area contributed by atoms with Crippen LogP contribution < -0.4 is 5.32 Å². The van der Waals surface area contributed by atoms with Crippen molar-refractivity contribution in [1.29, 1.82) is 0 Å². The summed E-state index contributed by atoms with van der Waals surface area (Å²) in [4.78, 5) is 38.1. The van der Waals surface area contributed by atoms with Crippen LogP contribution in [-0.4, -0.2) is 35.6 Å². The molecule has 0 radical (unpaired) electrons. The maximum absolute atomic E-state index is 13.2. The maximum Gasteiger partial charge on any atom is 0.408 e. The minimum atomic E-state index is -1.25. The Hall–Kier alpha value is -1.59. The van der Waals surface area contributed by atoms with Gasteiger partial charge in [0.2, 0.25) is 0 Å². The van der Waals surface area contributed by atoms with Crippen molar-refractivity contribution in [2.75, 3.05) is 0 Å². The molecule has 4 aliphatic rings. The molecule has 0 saturated heterocycles. The summed E-state index contributed by atoms with van der Waals surface area (Å²) >= 11 is 0. The van der Waals surface area contributed by atoms with Crippen molar-refractivity contribution in [1.82, 2.24) is 5.32 Å². The predicted octanol–water partition coefficient (Wildman–Crippen LogP) is 6.70. The number of alkyl carbamates (subject to hydrolysis) is 1. The van der Waals surface area contributed by atoms with Gasteiger partial charge < -0.3 is 14.8 Å². The largest absolute Gasteiger partial charge is 0.461 e. The van der Waals surface area contributed by atoms with E-state index in [9.17, 15) is 14.4 Å². The quantitative estimate of drug-likeness (QED) is 0.410. The summed E-state index contributed by atoms with van der Waals surface area (Å²) in [5.74, 6) is 1.36. The van der Waals surface area contributed by atoms with Gasteiger partial charge in [0.05, 0.1) is 0 Å². The second-order valence-electron chi connectivity index (χ2n) is 14.4. The van der Waals surface area contributed by atoms with Crippen LogP contribution in [0.4, 0.5) is 4.79 Å². The van der Waals surface area contributed by atoms with Gasteiger partial charge in [-0.1, -0.05) is 27.7 Å². The van der Waals surface area contributed by atoms with Crippen molar-refractivity contribution in [3.63, 3.8) is 0 Å². The number of amides is 1. The molecule has 6 nitrogen and oxygen atoms in total. The van der Waals surface area contributed by atoms with Gasteiger partial charge in [-0.2, -0.15) is 0 Å². The minimum Gasteiger partial charge on any atom is -0.461 e. The summed E-state index contributed by atoms with van der Waals surface area (Å²) in [6.07, 6.45) is 8.76. The van der Waals surface area contributed by atoms with Gasteiger partial charge in [-0.3, -0.25) is 4.79 Å². The number of esters is 1. The molecule has 6 heteroatoms. The van der Waals surface area contributed by atoms with E-state index < -0.39 is 29.6 Å². The average Bonchev–Trinajstić information content (AvgIpc) is 3.13. The molecule has 1 amide bonds. The Bertz CT molecular complexity index is 938. The molecule has 4 fully saturated rings. The number of nitrogens with one attached hydrogen (secondary N) is 1. The molecular weight excluding hydrogens is 466 g/mol. The van der Waals surface area contributed by atoms with Crippen molar-refractivity contribution >= 4 is 17.8 Å².